The normalized spacial score (nSPS) is 19.5. The number of benzene rings is 1. The number of ether oxygens (including phenoxy) is 3. The van der Waals surface area contributed by atoms with Crippen LogP contribution in [0.25, 0.3) is 0 Å². The van der Waals surface area contributed by atoms with Crippen LogP contribution in [0.5, 0.6) is 11.5 Å². The zero-order valence-electron chi connectivity index (χ0n) is 16.7. The molecule has 0 bridgehead atoms. The van der Waals surface area contributed by atoms with Crippen molar-refractivity contribution in [3.8, 4) is 11.5 Å². The summed E-state index contributed by atoms with van der Waals surface area (Å²) in [4.78, 5) is 14.9. The molecule has 8 heteroatoms. The molecule has 1 aliphatic rings. The lowest BCUT2D eigenvalue weighted by Gasteiger charge is -2.41. The number of hydrogen-bond acceptors (Lipinski definition) is 6. The van der Waals surface area contributed by atoms with E-state index in [-0.39, 0.29) is 19.1 Å². The Morgan fingerprint density at radius 3 is 2.61 bits per heavy atom. The van der Waals surface area contributed by atoms with Crippen LogP contribution in [-0.4, -0.2) is 65.8 Å². The average molecular weight is 389 g/mol. The van der Waals surface area contributed by atoms with E-state index in [9.17, 15) is 9.90 Å². The van der Waals surface area contributed by atoms with Crippen molar-refractivity contribution in [1.29, 1.82) is 0 Å². The lowest BCUT2D eigenvalue weighted by Crippen LogP contribution is -2.50. The zero-order chi connectivity index (χ0) is 20.3. The molecule has 0 radical (unpaired) electrons. The Morgan fingerprint density at radius 2 is 2.00 bits per heavy atom. The summed E-state index contributed by atoms with van der Waals surface area (Å²) < 4.78 is 18.1. The molecule has 0 aliphatic carbocycles. The quantitative estimate of drug-likeness (QED) is 0.805. The van der Waals surface area contributed by atoms with Gasteiger partial charge in [0.2, 0.25) is 5.91 Å². The van der Waals surface area contributed by atoms with Crippen molar-refractivity contribution in [2.24, 2.45) is 0 Å². The van der Waals surface area contributed by atoms with E-state index >= 15 is 0 Å². The van der Waals surface area contributed by atoms with Gasteiger partial charge in [0, 0.05) is 12.2 Å². The Bertz CT molecular complexity index is 835. The number of rotatable bonds is 6. The van der Waals surface area contributed by atoms with Gasteiger partial charge in [-0.3, -0.25) is 9.48 Å². The Morgan fingerprint density at radius 1 is 1.25 bits per heavy atom. The standard InChI is InChI=1S/C20H27N3O5/c1-13-9-14(2)23(21-13)11-19(25)22-7-8-28-18(12-24)20(22)15-5-6-16(26-3)17(10-15)27-4/h5-6,9-10,18,20,24H,7-8,11-12H2,1-4H3/t18-,20-/m1/s1. The first kappa shape index (κ1) is 20.2. The van der Waals surface area contributed by atoms with Gasteiger partial charge in [0.05, 0.1) is 39.2 Å². The summed E-state index contributed by atoms with van der Waals surface area (Å²) in [5.74, 6) is 1.09. The lowest BCUT2D eigenvalue weighted by atomic mass is 9.97. The maximum absolute atomic E-state index is 13.1. The second-order valence-corrected chi connectivity index (χ2v) is 6.82. The highest BCUT2D eigenvalue weighted by molar-refractivity contribution is 5.77. The molecule has 28 heavy (non-hydrogen) atoms. The number of aliphatic hydroxyl groups excluding tert-OH is 1. The molecule has 1 N–H and O–H groups in total. The van der Waals surface area contributed by atoms with Crippen LogP contribution in [0.1, 0.15) is 23.0 Å². The van der Waals surface area contributed by atoms with Crippen LogP contribution in [0.2, 0.25) is 0 Å². The molecule has 2 aromatic rings. The minimum absolute atomic E-state index is 0.0762. The van der Waals surface area contributed by atoms with E-state index in [0.717, 1.165) is 17.0 Å². The van der Waals surface area contributed by atoms with E-state index in [2.05, 4.69) is 5.10 Å². The fraction of sp³-hybridized carbons (Fsp3) is 0.500. The van der Waals surface area contributed by atoms with Crippen molar-refractivity contribution >= 4 is 5.91 Å². The molecule has 3 rings (SSSR count). The van der Waals surface area contributed by atoms with Crippen LogP contribution in [0, 0.1) is 13.8 Å². The number of nitrogens with zero attached hydrogens (tertiary/aromatic N) is 3. The number of aliphatic hydroxyl groups is 1. The van der Waals surface area contributed by atoms with E-state index in [1.54, 1.807) is 29.9 Å². The second kappa shape index (κ2) is 8.62. The largest absolute Gasteiger partial charge is 0.493 e. The summed E-state index contributed by atoms with van der Waals surface area (Å²) in [5.41, 5.74) is 2.62. The highest BCUT2D eigenvalue weighted by Gasteiger charge is 2.36. The molecule has 152 valence electrons. The van der Waals surface area contributed by atoms with E-state index in [4.69, 9.17) is 14.2 Å². The topological polar surface area (TPSA) is 86.0 Å². The van der Waals surface area contributed by atoms with Gasteiger partial charge in [0.25, 0.3) is 0 Å². The van der Waals surface area contributed by atoms with Crippen LogP contribution in [0.4, 0.5) is 0 Å². The molecule has 1 amide bonds. The lowest BCUT2D eigenvalue weighted by molar-refractivity contribution is -0.150. The van der Waals surface area contributed by atoms with Crippen molar-refractivity contribution in [3.05, 3.63) is 41.2 Å². The predicted octanol–water partition coefficient (Wildman–Crippen LogP) is 1.48. The zero-order valence-corrected chi connectivity index (χ0v) is 16.7. The van der Waals surface area contributed by atoms with Crippen LogP contribution >= 0.6 is 0 Å². The van der Waals surface area contributed by atoms with Crippen molar-refractivity contribution in [3.63, 3.8) is 0 Å². The number of aryl methyl sites for hydroxylation is 2. The predicted molar refractivity (Wildman–Crippen MR) is 103 cm³/mol. The molecular weight excluding hydrogens is 362 g/mol. The smallest absolute Gasteiger partial charge is 0.245 e. The third kappa shape index (κ3) is 3.98. The Kier molecular flexibility index (Phi) is 6.21. The van der Waals surface area contributed by atoms with Gasteiger partial charge in [0.1, 0.15) is 12.6 Å². The Hall–Kier alpha value is -2.58. The molecule has 2 atom stereocenters. The third-order valence-corrected chi connectivity index (χ3v) is 4.99. The molecule has 0 spiro atoms. The molecule has 1 saturated heterocycles. The van der Waals surface area contributed by atoms with Gasteiger partial charge in [-0.25, -0.2) is 0 Å². The molecule has 8 nitrogen and oxygen atoms in total. The number of hydrogen-bond donors (Lipinski definition) is 1. The molecule has 1 aromatic carbocycles. The summed E-state index contributed by atoms with van der Waals surface area (Å²) in [7, 11) is 3.14. The maximum atomic E-state index is 13.1. The molecule has 0 saturated carbocycles. The summed E-state index contributed by atoms with van der Waals surface area (Å²) >= 11 is 0. The van der Waals surface area contributed by atoms with Crippen LogP contribution in [-0.2, 0) is 16.1 Å². The Labute approximate surface area is 164 Å². The SMILES string of the molecule is COc1ccc([C@@H]2[C@@H](CO)OCCN2C(=O)Cn2nc(C)cc2C)cc1OC. The third-order valence-electron chi connectivity index (χ3n) is 4.99. The Balaban J connectivity index is 1.92. The summed E-state index contributed by atoms with van der Waals surface area (Å²) in [6, 6.07) is 7.00. The molecular formula is C20H27N3O5. The first-order valence-electron chi connectivity index (χ1n) is 9.23. The maximum Gasteiger partial charge on any atom is 0.245 e. The second-order valence-electron chi connectivity index (χ2n) is 6.82. The van der Waals surface area contributed by atoms with E-state index < -0.39 is 12.1 Å². The highest BCUT2D eigenvalue weighted by atomic mass is 16.5. The number of morpholine rings is 1. The number of methoxy groups -OCH3 is 2. The van der Waals surface area contributed by atoms with E-state index in [1.807, 2.05) is 32.0 Å². The van der Waals surface area contributed by atoms with Crippen molar-refractivity contribution in [1.82, 2.24) is 14.7 Å². The monoisotopic (exact) mass is 389 g/mol. The fourth-order valence-electron chi connectivity index (χ4n) is 3.65. The first-order chi connectivity index (χ1) is 13.5. The first-order valence-corrected chi connectivity index (χ1v) is 9.23. The van der Waals surface area contributed by atoms with Gasteiger partial charge >= 0.3 is 0 Å². The number of carbonyl (C=O) groups excluding carboxylic acids is 1. The van der Waals surface area contributed by atoms with Gasteiger partial charge in [-0.1, -0.05) is 6.07 Å². The minimum atomic E-state index is -0.517. The van der Waals surface area contributed by atoms with Gasteiger partial charge in [0.15, 0.2) is 11.5 Å². The molecule has 1 aromatic heterocycles. The van der Waals surface area contributed by atoms with Crippen molar-refractivity contribution in [2.45, 2.75) is 32.5 Å². The van der Waals surface area contributed by atoms with Crippen LogP contribution < -0.4 is 9.47 Å². The van der Waals surface area contributed by atoms with Gasteiger partial charge in [-0.05, 0) is 37.6 Å². The number of aromatic nitrogens is 2. The van der Waals surface area contributed by atoms with Crippen LogP contribution in [0.3, 0.4) is 0 Å². The summed E-state index contributed by atoms with van der Waals surface area (Å²) in [6.45, 7) is 4.59. The van der Waals surface area contributed by atoms with E-state index in [0.29, 0.717) is 24.7 Å². The van der Waals surface area contributed by atoms with Gasteiger partial charge in [-0.15, -0.1) is 0 Å². The summed E-state index contributed by atoms with van der Waals surface area (Å²) in [6.07, 6.45) is -0.517. The van der Waals surface area contributed by atoms with Crippen LogP contribution in [0.15, 0.2) is 24.3 Å². The molecule has 1 aliphatic heterocycles. The molecule has 1 fully saturated rings. The highest BCUT2D eigenvalue weighted by Crippen LogP contribution is 2.35. The van der Waals surface area contributed by atoms with Gasteiger partial charge < -0.3 is 24.2 Å². The van der Waals surface area contributed by atoms with Crippen molar-refractivity contribution < 1.29 is 24.1 Å². The molecule has 2 heterocycles. The molecule has 0 unspecified atom stereocenters. The number of carbonyl (C=O) groups is 1. The number of amides is 1. The average Bonchev–Trinajstić information content (AvgIpc) is 3.03. The fourth-order valence-corrected chi connectivity index (χ4v) is 3.65. The van der Waals surface area contributed by atoms with Gasteiger partial charge in [-0.2, -0.15) is 5.10 Å². The van der Waals surface area contributed by atoms with Crippen molar-refractivity contribution in [2.75, 3.05) is 34.0 Å². The summed E-state index contributed by atoms with van der Waals surface area (Å²) in [5, 5.41) is 14.2. The minimum Gasteiger partial charge on any atom is -0.493 e. The van der Waals surface area contributed by atoms with E-state index in [1.165, 1.54) is 0 Å².